The number of carbonyl (C=O) groups is 3. The predicted molar refractivity (Wildman–Crippen MR) is 123 cm³/mol. The van der Waals surface area contributed by atoms with Crippen LogP contribution in [0, 0.1) is 0 Å². The molecular formula is C23H30N4O7. The van der Waals surface area contributed by atoms with Gasteiger partial charge in [-0.25, -0.2) is 4.79 Å². The first-order valence-corrected chi connectivity index (χ1v) is 11.0. The molecule has 0 bridgehead atoms. The summed E-state index contributed by atoms with van der Waals surface area (Å²) in [6, 6.07) is 4.48. The van der Waals surface area contributed by atoms with Crippen molar-refractivity contribution >= 4 is 24.1 Å². The molecule has 1 aromatic heterocycles. The van der Waals surface area contributed by atoms with E-state index in [1.807, 2.05) is 13.8 Å². The molecule has 3 N–H and O–H groups in total. The predicted octanol–water partition coefficient (Wildman–Crippen LogP) is 3.07. The van der Waals surface area contributed by atoms with E-state index in [0.29, 0.717) is 18.5 Å². The SMILES string of the molecule is COc1cc(O)c(C=O)c(OCC(=O)Nc2cc([C@H]3CC[C@@H](OC(=O)N(C)C(C)C)C3)[nH]n2)c1. The molecule has 184 valence electrons. The summed E-state index contributed by atoms with van der Waals surface area (Å²) in [6.07, 6.45) is 2.19. The van der Waals surface area contributed by atoms with Crippen LogP contribution in [0.5, 0.6) is 17.2 Å². The number of H-pyrrole nitrogens is 1. The Morgan fingerprint density at radius 1 is 1.32 bits per heavy atom. The Balaban J connectivity index is 1.53. The molecule has 2 atom stereocenters. The number of phenols is 1. The van der Waals surface area contributed by atoms with Gasteiger partial charge in [0.15, 0.2) is 18.7 Å². The lowest BCUT2D eigenvalue weighted by atomic mass is 10.0. The third kappa shape index (κ3) is 5.97. The molecule has 0 spiro atoms. The van der Waals surface area contributed by atoms with Gasteiger partial charge in [-0.1, -0.05) is 0 Å². The van der Waals surface area contributed by atoms with Crippen LogP contribution in [0.25, 0.3) is 0 Å². The molecule has 11 heteroatoms. The van der Waals surface area contributed by atoms with Gasteiger partial charge in [-0.3, -0.25) is 14.7 Å². The van der Waals surface area contributed by atoms with Crippen molar-refractivity contribution < 1.29 is 33.7 Å². The number of amides is 2. The second-order valence-electron chi connectivity index (χ2n) is 8.44. The number of aldehydes is 1. The van der Waals surface area contributed by atoms with Crippen molar-refractivity contribution in [2.24, 2.45) is 0 Å². The number of hydrogen-bond donors (Lipinski definition) is 3. The molecular weight excluding hydrogens is 444 g/mol. The minimum atomic E-state index is -0.493. The zero-order valence-electron chi connectivity index (χ0n) is 19.7. The van der Waals surface area contributed by atoms with Gasteiger partial charge in [0.25, 0.3) is 5.91 Å². The number of nitrogens with one attached hydrogen (secondary N) is 2. The van der Waals surface area contributed by atoms with Gasteiger partial charge in [0, 0.05) is 42.9 Å². The molecule has 2 aromatic rings. The van der Waals surface area contributed by atoms with Crippen molar-refractivity contribution in [1.82, 2.24) is 15.1 Å². The molecule has 3 rings (SSSR count). The molecule has 1 saturated carbocycles. The lowest BCUT2D eigenvalue weighted by Crippen LogP contribution is -2.35. The Hall–Kier alpha value is -3.76. The Morgan fingerprint density at radius 3 is 2.76 bits per heavy atom. The van der Waals surface area contributed by atoms with Crippen LogP contribution in [-0.4, -0.2) is 71.4 Å². The summed E-state index contributed by atoms with van der Waals surface area (Å²) in [4.78, 5) is 37.3. The number of nitrogens with zero attached hydrogens (tertiary/aromatic N) is 2. The van der Waals surface area contributed by atoms with Gasteiger partial charge in [0.05, 0.1) is 12.7 Å². The summed E-state index contributed by atoms with van der Waals surface area (Å²) in [5.74, 6) is -0.0318. The largest absolute Gasteiger partial charge is 0.507 e. The van der Waals surface area contributed by atoms with Gasteiger partial charge in [0.1, 0.15) is 23.4 Å². The van der Waals surface area contributed by atoms with E-state index in [0.717, 1.165) is 18.5 Å². The average Bonchev–Trinajstić information content (AvgIpc) is 3.46. The van der Waals surface area contributed by atoms with E-state index >= 15 is 0 Å². The highest BCUT2D eigenvalue weighted by atomic mass is 16.6. The van der Waals surface area contributed by atoms with E-state index in [1.54, 1.807) is 18.0 Å². The van der Waals surface area contributed by atoms with Gasteiger partial charge in [-0.2, -0.15) is 5.10 Å². The number of phenolic OH excluding ortho intramolecular Hbond substituents is 1. The molecule has 1 aliphatic rings. The van der Waals surface area contributed by atoms with Crippen molar-refractivity contribution in [3.05, 3.63) is 29.5 Å². The first kappa shape index (κ1) is 24.9. The second kappa shape index (κ2) is 10.9. The van der Waals surface area contributed by atoms with Crippen molar-refractivity contribution in [3.8, 4) is 17.2 Å². The summed E-state index contributed by atoms with van der Waals surface area (Å²) in [7, 11) is 3.12. The fourth-order valence-corrected chi connectivity index (χ4v) is 3.64. The minimum Gasteiger partial charge on any atom is -0.507 e. The Labute approximate surface area is 197 Å². The maximum atomic E-state index is 12.3. The first-order chi connectivity index (χ1) is 16.2. The first-order valence-electron chi connectivity index (χ1n) is 11.0. The number of anilines is 1. The lowest BCUT2D eigenvalue weighted by Gasteiger charge is -2.23. The summed E-state index contributed by atoms with van der Waals surface area (Å²) in [6.45, 7) is 3.44. The highest BCUT2D eigenvalue weighted by Gasteiger charge is 2.31. The summed E-state index contributed by atoms with van der Waals surface area (Å²) in [5, 5.41) is 19.6. The fourth-order valence-electron chi connectivity index (χ4n) is 3.64. The number of ether oxygens (including phenoxy) is 3. The Bertz CT molecular complexity index is 1040. The third-order valence-corrected chi connectivity index (χ3v) is 5.83. The highest BCUT2D eigenvalue weighted by molar-refractivity contribution is 5.91. The van der Waals surface area contributed by atoms with Gasteiger partial charge in [-0.05, 0) is 33.1 Å². The van der Waals surface area contributed by atoms with E-state index in [4.69, 9.17) is 14.2 Å². The molecule has 1 aromatic carbocycles. The Kier molecular flexibility index (Phi) is 7.98. The number of methoxy groups -OCH3 is 1. The standard InChI is InChI=1S/C23H30N4O7/c1-13(2)27(3)23(31)34-15-6-5-14(7-15)18-10-21(26-25-18)24-22(30)12-33-20-9-16(32-4)8-19(29)17(20)11-28/h8-11,13-15,29H,5-7,12H2,1-4H3,(H2,24,25,26,30)/t14-,15+/m0/s1. The topological polar surface area (TPSA) is 143 Å². The van der Waals surface area contributed by atoms with E-state index in [2.05, 4.69) is 15.5 Å². The maximum Gasteiger partial charge on any atom is 0.410 e. The number of aromatic hydroxyl groups is 1. The zero-order valence-corrected chi connectivity index (χ0v) is 19.7. The molecule has 1 aliphatic carbocycles. The van der Waals surface area contributed by atoms with E-state index < -0.39 is 12.5 Å². The van der Waals surface area contributed by atoms with Crippen LogP contribution < -0.4 is 14.8 Å². The minimum absolute atomic E-state index is 0.0272. The highest BCUT2D eigenvalue weighted by Crippen LogP contribution is 2.36. The lowest BCUT2D eigenvalue weighted by molar-refractivity contribution is -0.118. The van der Waals surface area contributed by atoms with E-state index in [1.165, 1.54) is 19.2 Å². The summed E-state index contributed by atoms with van der Waals surface area (Å²) < 4.78 is 16.0. The zero-order chi connectivity index (χ0) is 24.8. The quantitative estimate of drug-likeness (QED) is 0.471. The monoisotopic (exact) mass is 474 g/mol. The second-order valence-corrected chi connectivity index (χ2v) is 8.44. The molecule has 1 fully saturated rings. The molecule has 1 heterocycles. The van der Waals surface area contributed by atoms with Gasteiger partial charge < -0.3 is 29.5 Å². The summed E-state index contributed by atoms with van der Waals surface area (Å²) >= 11 is 0. The molecule has 0 unspecified atom stereocenters. The number of benzene rings is 1. The van der Waals surface area contributed by atoms with E-state index in [-0.39, 0.29) is 47.0 Å². The van der Waals surface area contributed by atoms with Crippen LogP contribution in [0.4, 0.5) is 10.6 Å². The number of rotatable bonds is 9. The van der Waals surface area contributed by atoms with Gasteiger partial charge in [-0.15, -0.1) is 0 Å². The molecule has 0 aliphatic heterocycles. The molecule has 0 radical (unpaired) electrons. The molecule has 0 saturated heterocycles. The smallest absolute Gasteiger partial charge is 0.410 e. The summed E-state index contributed by atoms with van der Waals surface area (Å²) in [5.41, 5.74) is 0.764. The normalized spacial score (nSPS) is 17.3. The van der Waals surface area contributed by atoms with Crippen LogP contribution in [0.1, 0.15) is 55.1 Å². The molecule has 34 heavy (non-hydrogen) atoms. The maximum absolute atomic E-state index is 12.3. The van der Waals surface area contributed by atoms with Crippen LogP contribution in [-0.2, 0) is 9.53 Å². The van der Waals surface area contributed by atoms with Crippen LogP contribution >= 0.6 is 0 Å². The number of aromatic amines is 1. The van der Waals surface area contributed by atoms with Crippen molar-refractivity contribution in [3.63, 3.8) is 0 Å². The number of carbonyl (C=O) groups excluding carboxylic acids is 3. The fraction of sp³-hybridized carbons (Fsp3) is 0.478. The van der Waals surface area contributed by atoms with Crippen molar-refractivity contribution in [2.75, 3.05) is 26.1 Å². The van der Waals surface area contributed by atoms with E-state index in [9.17, 15) is 19.5 Å². The van der Waals surface area contributed by atoms with Crippen LogP contribution in [0.3, 0.4) is 0 Å². The Morgan fingerprint density at radius 2 is 2.09 bits per heavy atom. The van der Waals surface area contributed by atoms with Crippen LogP contribution in [0.2, 0.25) is 0 Å². The van der Waals surface area contributed by atoms with Crippen molar-refractivity contribution in [2.45, 2.75) is 51.2 Å². The molecule has 11 nitrogen and oxygen atoms in total. The van der Waals surface area contributed by atoms with Crippen LogP contribution in [0.15, 0.2) is 18.2 Å². The molecule has 2 amide bonds. The van der Waals surface area contributed by atoms with Gasteiger partial charge >= 0.3 is 6.09 Å². The van der Waals surface area contributed by atoms with Gasteiger partial charge in [0.2, 0.25) is 0 Å². The number of aromatic nitrogens is 2. The third-order valence-electron chi connectivity index (χ3n) is 5.83. The van der Waals surface area contributed by atoms with Crippen molar-refractivity contribution in [1.29, 1.82) is 0 Å². The number of hydrogen-bond acceptors (Lipinski definition) is 8. The average molecular weight is 475 g/mol.